The summed E-state index contributed by atoms with van der Waals surface area (Å²) in [6.07, 6.45) is -9.01. The van der Waals surface area contributed by atoms with Gasteiger partial charge in [0.25, 0.3) is 0 Å². The molecule has 0 unspecified atom stereocenters. The van der Waals surface area contributed by atoms with E-state index in [9.17, 15) is 31.1 Å². The van der Waals surface area contributed by atoms with Crippen molar-refractivity contribution < 1.29 is 40.4 Å². The highest BCUT2D eigenvalue weighted by Crippen LogP contribution is 2.48. The highest BCUT2D eigenvalue weighted by atomic mass is 32.2. The number of benzene rings is 2. The molecule has 0 saturated carbocycles. The summed E-state index contributed by atoms with van der Waals surface area (Å²) in [5, 5.41) is 7.00. The number of carbonyl (C=O) groups is 1. The molecular weight excluding hydrogens is 560 g/mol. The summed E-state index contributed by atoms with van der Waals surface area (Å²) in [5.74, 6) is 0.00940. The van der Waals surface area contributed by atoms with E-state index in [1.165, 1.54) is 11.0 Å². The van der Waals surface area contributed by atoms with E-state index in [-0.39, 0.29) is 26.3 Å². The van der Waals surface area contributed by atoms with E-state index in [2.05, 4.69) is 10.5 Å². The van der Waals surface area contributed by atoms with Gasteiger partial charge >= 0.3 is 12.4 Å². The number of nitrogens with one attached hydrogen (secondary N) is 1. The molecule has 4 rings (SSSR count). The van der Waals surface area contributed by atoms with Crippen molar-refractivity contribution in [3.63, 3.8) is 0 Å². The predicted molar refractivity (Wildman–Crippen MR) is 137 cm³/mol. The lowest BCUT2D eigenvalue weighted by atomic mass is 9.99. The van der Waals surface area contributed by atoms with Crippen LogP contribution < -0.4 is 5.32 Å². The summed E-state index contributed by atoms with van der Waals surface area (Å²) in [6, 6.07) is 8.27. The van der Waals surface area contributed by atoms with Crippen LogP contribution in [0.1, 0.15) is 33.7 Å². The molecule has 0 bridgehead atoms. The van der Waals surface area contributed by atoms with Crippen LogP contribution in [0.5, 0.6) is 0 Å². The van der Waals surface area contributed by atoms with Crippen LogP contribution in [0.2, 0.25) is 0 Å². The molecule has 0 spiro atoms. The number of nitrogens with zero attached hydrogens (tertiary/aromatic N) is 2. The first-order valence-electron chi connectivity index (χ1n) is 12.1. The van der Waals surface area contributed by atoms with Crippen molar-refractivity contribution in [2.45, 2.75) is 42.5 Å². The van der Waals surface area contributed by atoms with Gasteiger partial charge in [0.2, 0.25) is 5.91 Å². The van der Waals surface area contributed by atoms with Gasteiger partial charge in [0, 0.05) is 46.8 Å². The van der Waals surface area contributed by atoms with Crippen LogP contribution in [-0.4, -0.2) is 42.3 Å². The van der Waals surface area contributed by atoms with Gasteiger partial charge in [-0.2, -0.15) is 26.3 Å². The summed E-state index contributed by atoms with van der Waals surface area (Å²) in [4.78, 5) is 13.4. The maximum Gasteiger partial charge on any atom is 0.418 e. The second kappa shape index (κ2) is 12.0. The van der Waals surface area contributed by atoms with Crippen molar-refractivity contribution in [2.75, 3.05) is 31.6 Å². The molecule has 214 valence electrons. The van der Waals surface area contributed by atoms with E-state index >= 15 is 0 Å². The number of morpholine rings is 1. The van der Waals surface area contributed by atoms with Crippen molar-refractivity contribution in [3.8, 4) is 0 Å². The second-order valence-electron chi connectivity index (χ2n) is 8.96. The Bertz CT molecular complexity index is 1380. The molecule has 1 aromatic heterocycles. The largest absolute Gasteiger partial charge is 0.418 e. The first kappa shape index (κ1) is 29.5. The number of alkyl halides is 6. The van der Waals surface area contributed by atoms with Crippen molar-refractivity contribution >= 4 is 29.4 Å². The van der Waals surface area contributed by atoms with E-state index in [0.717, 1.165) is 29.8 Å². The fourth-order valence-electron chi connectivity index (χ4n) is 4.20. The Hall–Kier alpha value is -3.45. The Balaban J connectivity index is 1.65. The fourth-order valence-corrected chi connectivity index (χ4v) is 5.24. The van der Waals surface area contributed by atoms with Crippen molar-refractivity contribution in [3.05, 3.63) is 76.2 Å². The number of carbonyl (C=O) groups excluding carboxylic acids is 1. The third-order valence-electron chi connectivity index (χ3n) is 6.21. The van der Waals surface area contributed by atoms with Crippen LogP contribution in [-0.2, 0) is 28.4 Å². The monoisotopic (exact) mass is 585 g/mol. The minimum Gasteiger partial charge on any atom is -0.381 e. The molecule has 40 heavy (non-hydrogen) atoms. The summed E-state index contributed by atoms with van der Waals surface area (Å²) >= 11 is 0.567. The average molecular weight is 586 g/mol. The number of amides is 1. The molecule has 13 heteroatoms. The van der Waals surface area contributed by atoms with Gasteiger partial charge in [-0.25, -0.2) is 0 Å². The van der Waals surface area contributed by atoms with Gasteiger partial charge in [-0.3, -0.25) is 4.79 Å². The summed E-state index contributed by atoms with van der Waals surface area (Å²) in [7, 11) is 0. The lowest BCUT2D eigenvalue weighted by Crippen LogP contribution is -2.39. The maximum atomic E-state index is 14.2. The van der Waals surface area contributed by atoms with Crippen LogP contribution in [0.4, 0.5) is 32.0 Å². The number of rotatable bonds is 7. The average Bonchev–Trinajstić information content (AvgIpc) is 3.22. The molecule has 1 fully saturated rings. The Morgan fingerprint density at radius 3 is 2.38 bits per heavy atom. The summed E-state index contributed by atoms with van der Waals surface area (Å²) in [6.45, 7) is 4.88. The first-order chi connectivity index (χ1) is 18.8. The molecule has 1 saturated heterocycles. The Kier molecular flexibility index (Phi) is 8.83. The maximum absolute atomic E-state index is 14.2. The lowest BCUT2D eigenvalue weighted by molar-refractivity contribution is -0.163. The van der Waals surface area contributed by atoms with Gasteiger partial charge in [-0.05, 0) is 49.8 Å². The minimum atomic E-state index is -5.33. The molecule has 1 aliphatic heterocycles. The molecule has 0 atom stereocenters. The van der Waals surface area contributed by atoms with Crippen molar-refractivity contribution in [1.82, 2.24) is 10.1 Å². The zero-order valence-electron chi connectivity index (χ0n) is 21.4. The Morgan fingerprint density at radius 1 is 1.05 bits per heavy atom. The summed E-state index contributed by atoms with van der Waals surface area (Å²) in [5.41, 5.74) is -2.34. The van der Waals surface area contributed by atoms with Gasteiger partial charge in [0.15, 0.2) is 0 Å². The van der Waals surface area contributed by atoms with E-state index in [1.54, 1.807) is 32.0 Å². The quantitative estimate of drug-likeness (QED) is 0.239. The highest BCUT2D eigenvalue weighted by Gasteiger charge is 2.46. The van der Waals surface area contributed by atoms with Crippen LogP contribution in [0, 0.1) is 13.8 Å². The molecule has 2 aromatic carbocycles. The van der Waals surface area contributed by atoms with Gasteiger partial charge in [0.05, 0.1) is 30.0 Å². The number of hydrogen-bond donors (Lipinski definition) is 1. The smallest absolute Gasteiger partial charge is 0.381 e. The standard InChI is InChI=1S/C27H25F6N3O3S/c1-16-21(17(2)39-35-16)15-34-19-4-3-5-20(14-19)40-22-8-6-18(7-9-23(37)36-10-12-38-13-11-36)24(26(28,29)30)25(22)27(31,32)33/h3-9,14,34H,10-13,15H2,1-2H3. The minimum absolute atomic E-state index is 0.241. The zero-order valence-corrected chi connectivity index (χ0v) is 22.3. The molecule has 1 amide bonds. The summed E-state index contributed by atoms with van der Waals surface area (Å²) < 4.78 is 95.2. The van der Waals surface area contributed by atoms with Crippen molar-refractivity contribution in [1.29, 1.82) is 0 Å². The molecular formula is C27H25F6N3O3S. The molecule has 1 aliphatic rings. The Morgan fingerprint density at radius 2 is 1.75 bits per heavy atom. The van der Waals surface area contributed by atoms with Gasteiger partial charge in [-0.15, -0.1) is 0 Å². The molecule has 0 aliphatic carbocycles. The number of anilines is 1. The predicted octanol–water partition coefficient (Wildman–Crippen LogP) is 6.96. The molecule has 3 aromatic rings. The number of aryl methyl sites for hydroxylation is 2. The molecule has 2 heterocycles. The fraction of sp³-hybridized carbons (Fsp3) is 0.333. The SMILES string of the molecule is Cc1noc(C)c1CNc1cccc(Sc2ccc(C=CC(=O)N3CCOCC3)c(C(F)(F)F)c2C(F)(F)F)c1. The third kappa shape index (κ3) is 7.00. The van der Waals surface area contributed by atoms with E-state index in [4.69, 9.17) is 9.26 Å². The molecule has 6 nitrogen and oxygen atoms in total. The van der Waals surface area contributed by atoms with Crippen LogP contribution >= 0.6 is 11.8 Å². The normalized spacial score (nSPS) is 14.7. The second-order valence-corrected chi connectivity index (χ2v) is 10.1. The van der Waals surface area contributed by atoms with Crippen LogP contribution in [0.25, 0.3) is 6.08 Å². The van der Waals surface area contributed by atoms with Gasteiger partial charge in [-0.1, -0.05) is 29.1 Å². The molecule has 1 N–H and O–H groups in total. The highest BCUT2D eigenvalue weighted by molar-refractivity contribution is 7.99. The van der Waals surface area contributed by atoms with E-state index in [0.29, 0.717) is 40.3 Å². The first-order valence-corrected chi connectivity index (χ1v) is 13.0. The lowest BCUT2D eigenvalue weighted by Gasteiger charge is -2.25. The number of aromatic nitrogens is 1. The number of hydrogen-bond acceptors (Lipinski definition) is 6. The van der Waals surface area contributed by atoms with E-state index in [1.807, 2.05) is 0 Å². The van der Waals surface area contributed by atoms with Crippen molar-refractivity contribution in [2.24, 2.45) is 0 Å². The zero-order chi connectivity index (χ0) is 29.1. The van der Waals surface area contributed by atoms with Gasteiger partial charge in [0.1, 0.15) is 5.76 Å². The van der Waals surface area contributed by atoms with Crippen LogP contribution in [0.15, 0.2) is 56.8 Å². The Labute approximate surface area is 230 Å². The number of halogens is 6. The number of ether oxygens (including phenoxy) is 1. The third-order valence-corrected chi connectivity index (χ3v) is 7.26. The topological polar surface area (TPSA) is 67.6 Å². The van der Waals surface area contributed by atoms with Gasteiger partial charge < -0.3 is 19.5 Å². The van der Waals surface area contributed by atoms with E-state index < -0.39 is 39.8 Å². The molecule has 0 radical (unpaired) electrons. The van der Waals surface area contributed by atoms with Crippen LogP contribution in [0.3, 0.4) is 0 Å².